The topological polar surface area (TPSA) is 124 Å². The molecule has 0 aliphatic heterocycles. The number of hydrogen-bond donors (Lipinski definition) is 3. The van der Waals surface area contributed by atoms with Gasteiger partial charge in [-0.1, -0.05) is 75.4 Å². The monoisotopic (exact) mass is 714 g/mol. The Kier molecular flexibility index (Phi) is 10.9. The first-order valence-electron chi connectivity index (χ1n) is 16.7. The van der Waals surface area contributed by atoms with E-state index >= 15 is 0 Å². The quantitative estimate of drug-likeness (QED) is 0.0979. The smallest absolute Gasteiger partial charge is 0.272 e. The Morgan fingerprint density at radius 3 is 2.39 bits per heavy atom. The summed E-state index contributed by atoms with van der Waals surface area (Å²) in [5.74, 6) is -0.319. The Labute approximate surface area is 306 Å². The van der Waals surface area contributed by atoms with Crippen LogP contribution in [0.1, 0.15) is 70.1 Å². The summed E-state index contributed by atoms with van der Waals surface area (Å²) in [6.45, 7) is 6.77. The van der Waals surface area contributed by atoms with Gasteiger partial charge in [0, 0.05) is 27.1 Å². The molecule has 1 aliphatic rings. The number of nitriles is 1. The molecule has 51 heavy (non-hydrogen) atoms. The van der Waals surface area contributed by atoms with Crippen LogP contribution in [0.5, 0.6) is 0 Å². The van der Waals surface area contributed by atoms with Gasteiger partial charge in [-0.05, 0) is 84.2 Å². The van der Waals surface area contributed by atoms with E-state index in [1.54, 1.807) is 60.7 Å². The van der Waals surface area contributed by atoms with Crippen LogP contribution in [0.4, 0.5) is 10.7 Å². The summed E-state index contributed by atoms with van der Waals surface area (Å²) in [5, 5.41) is 18.8. The number of rotatable bonds is 10. The van der Waals surface area contributed by atoms with Crippen LogP contribution in [0.15, 0.2) is 118 Å². The molecule has 2 aromatic heterocycles. The first-order chi connectivity index (χ1) is 24.6. The molecule has 0 bridgehead atoms. The van der Waals surface area contributed by atoms with Crippen LogP contribution in [0.2, 0.25) is 0 Å². The molecule has 0 radical (unpaired) electrons. The minimum Gasteiger partial charge on any atom is -0.465 e. The van der Waals surface area contributed by atoms with Crippen LogP contribution in [-0.2, 0) is 22.4 Å². The Morgan fingerprint density at radius 2 is 1.71 bits per heavy atom. The number of fused-ring (bicyclic) bond motifs is 1. The lowest BCUT2D eigenvalue weighted by Gasteiger charge is -2.33. The van der Waals surface area contributed by atoms with E-state index in [2.05, 4.69) is 42.8 Å². The van der Waals surface area contributed by atoms with Crippen LogP contribution in [0.25, 0.3) is 6.08 Å². The minimum atomic E-state index is -0.648. The van der Waals surface area contributed by atoms with Crippen LogP contribution in [-0.4, -0.2) is 17.7 Å². The van der Waals surface area contributed by atoms with Crippen molar-refractivity contribution in [3.63, 3.8) is 0 Å². The van der Waals surface area contributed by atoms with Crippen molar-refractivity contribution in [1.29, 1.82) is 5.26 Å². The second kappa shape index (κ2) is 15.7. The highest BCUT2D eigenvalue weighted by Crippen LogP contribution is 2.45. The number of carbonyl (C=O) groups is 3. The van der Waals surface area contributed by atoms with Crippen LogP contribution >= 0.6 is 23.1 Å². The molecule has 5 aromatic rings. The number of thioether (sulfide) groups is 1. The van der Waals surface area contributed by atoms with E-state index < -0.39 is 17.1 Å². The molecule has 0 saturated carbocycles. The number of carbonyl (C=O) groups excluding carboxylic acids is 3. The number of furan rings is 1. The fourth-order valence-electron chi connectivity index (χ4n) is 6.05. The first-order valence-corrected chi connectivity index (χ1v) is 18.4. The zero-order valence-electron chi connectivity index (χ0n) is 28.6. The molecule has 2 heterocycles. The van der Waals surface area contributed by atoms with Gasteiger partial charge in [-0.25, -0.2) is 0 Å². The predicted molar refractivity (Wildman–Crippen MR) is 203 cm³/mol. The summed E-state index contributed by atoms with van der Waals surface area (Å²) < 4.78 is 5.41. The van der Waals surface area contributed by atoms with Crippen LogP contribution in [0.3, 0.4) is 0 Å². The fourth-order valence-corrected chi connectivity index (χ4v) is 8.41. The maximum Gasteiger partial charge on any atom is 0.272 e. The molecule has 3 N–H and O–H groups in total. The largest absolute Gasteiger partial charge is 0.465 e. The van der Waals surface area contributed by atoms with Gasteiger partial charge < -0.3 is 20.4 Å². The van der Waals surface area contributed by atoms with Crippen molar-refractivity contribution in [2.24, 2.45) is 11.3 Å². The Balaban J connectivity index is 1.22. The first kappa shape index (κ1) is 35.5. The number of anilines is 2. The van der Waals surface area contributed by atoms with Crippen LogP contribution in [0, 0.1) is 22.7 Å². The third-order valence-electron chi connectivity index (χ3n) is 8.88. The Morgan fingerprint density at radius 1 is 0.961 bits per heavy atom. The number of benzene rings is 3. The van der Waals surface area contributed by atoms with E-state index in [1.165, 1.54) is 40.3 Å². The lowest BCUT2D eigenvalue weighted by Crippen LogP contribution is -2.30. The van der Waals surface area contributed by atoms with Crippen LogP contribution < -0.4 is 16.0 Å². The van der Waals surface area contributed by atoms with Gasteiger partial charge in [-0.3, -0.25) is 14.4 Å². The summed E-state index contributed by atoms with van der Waals surface area (Å²) in [5.41, 5.74) is 3.46. The van der Waals surface area contributed by atoms with E-state index in [0.717, 1.165) is 35.3 Å². The Hall–Kier alpha value is -5.37. The molecule has 2 atom stereocenters. The molecule has 258 valence electrons. The Bertz CT molecular complexity index is 2090. The number of amides is 3. The third kappa shape index (κ3) is 8.69. The molecular formula is C41H38N4O4S2. The average molecular weight is 715 g/mol. The summed E-state index contributed by atoms with van der Waals surface area (Å²) in [4.78, 5) is 42.5. The van der Waals surface area contributed by atoms with Gasteiger partial charge in [0.05, 0.1) is 11.8 Å². The zero-order valence-corrected chi connectivity index (χ0v) is 30.2. The number of hydrogen-bond acceptors (Lipinski definition) is 7. The van der Waals surface area contributed by atoms with Gasteiger partial charge in [-0.15, -0.1) is 23.1 Å². The van der Waals surface area contributed by atoms with Gasteiger partial charge in [0.15, 0.2) is 0 Å². The second-order valence-electron chi connectivity index (χ2n) is 13.4. The molecular weight excluding hydrogens is 677 g/mol. The SMILES string of the molecule is CC(C)(C)C1CCc2c(sc(NC(=O)C(Sc3cccc(NC(=O)/C(=C/c4ccco4)NC(=O)c4ccccc4)c3)c3ccccc3)c2C#N)C1. The number of nitrogens with one attached hydrogen (secondary N) is 3. The maximum absolute atomic E-state index is 14.1. The maximum atomic E-state index is 14.1. The molecule has 6 rings (SSSR count). The van der Waals surface area contributed by atoms with Crippen molar-refractivity contribution in [2.75, 3.05) is 10.6 Å². The molecule has 8 nitrogen and oxygen atoms in total. The lowest BCUT2D eigenvalue weighted by molar-refractivity contribution is -0.116. The van der Waals surface area contributed by atoms with Gasteiger partial charge in [-0.2, -0.15) is 5.26 Å². The van der Waals surface area contributed by atoms with E-state index in [9.17, 15) is 19.6 Å². The normalized spacial score (nSPS) is 14.9. The summed E-state index contributed by atoms with van der Waals surface area (Å²) >= 11 is 2.86. The third-order valence-corrected chi connectivity index (χ3v) is 11.3. The van der Waals surface area contributed by atoms with Gasteiger partial charge in [0.2, 0.25) is 5.91 Å². The molecule has 1 aliphatic carbocycles. The van der Waals surface area contributed by atoms with Gasteiger partial charge >= 0.3 is 0 Å². The molecule has 3 amide bonds. The summed E-state index contributed by atoms with van der Waals surface area (Å²) in [6, 6.07) is 31.0. The van der Waals surface area contributed by atoms with Gasteiger partial charge in [0.1, 0.15) is 27.8 Å². The molecule has 10 heteroatoms. The zero-order chi connectivity index (χ0) is 36.0. The summed E-state index contributed by atoms with van der Waals surface area (Å²) in [6.07, 6.45) is 5.69. The summed E-state index contributed by atoms with van der Waals surface area (Å²) in [7, 11) is 0. The number of thiophene rings is 1. The molecule has 0 spiro atoms. The van der Waals surface area contributed by atoms with Crippen molar-refractivity contribution in [3.05, 3.63) is 142 Å². The lowest BCUT2D eigenvalue weighted by atomic mass is 9.72. The molecule has 0 saturated heterocycles. The minimum absolute atomic E-state index is 0.000776. The van der Waals surface area contributed by atoms with Crippen molar-refractivity contribution in [2.45, 2.75) is 50.2 Å². The van der Waals surface area contributed by atoms with Crippen molar-refractivity contribution in [3.8, 4) is 6.07 Å². The van der Waals surface area contributed by atoms with Crippen molar-refractivity contribution < 1.29 is 18.8 Å². The van der Waals surface area contributed by atoms with E-state index in [4.69, 9.17) is 4.42 Å². The highest BCUT2D eigenvalue weighted by atomic mass is 32.2. The van der Waals surface area contributed by atoms with E-state index in [-0.39, 0.29) is 17.0 Å². The predicted octanol–water partition coefficient (Wildman–Crippen LogP) is 9.25. The van der Waals surface area contributed by atoms with E-state index in [0.29, 0.717) is 33.5 Å². The van der Waals surface area contributed by atoms with Crippen molar-refractivity contribution in [1.82, 2.24) is 5.32 Å². The standard InChI is InChI=1S/C41H38N4O4S2/c1-41(2,3)28-19-20-32-33(25-42)40(51-35(32)22-28)45-39(48)36(26-12-6-4-7-13-26)50-31-18-10-16-29(23-31)43-38(47)34(24-30-17-11-21-49-30)44-37(46)27-14-8-5-9-15-27/h4-18,21,23-24,28,36H,19-20,22H2,1-3H3,(H,43,47)(H,44,46)(H,45,48)/b34-24-. The number of nitrogens with zero attached hydrogens (tertiary/aromatic N) is 1. The second-order valence-corrected chi connectivity index (χ2v) is 15.7. The average Bonchev–Trinajstić information content (AvgIpc) is 3.77. The fraction of sp³-hybridized carbons (Fsp3) is 0.220. The highest BCUT2D eigenvalue weighted by molar-refractivity contribution is 8.00. The molecule has 3 aromatic carbocycles. The van der Waals surface area contributed by atoms with E-state index in [1.807, 2.05) is 36.4 Å². The highest BCUT2D eigenvalue weighted by Gasteiger charge is 2.33. The van der Waals surface area contributed by atoms with Crippen molar-refractivity contribution >= 4 is 57.6 Å². The molecule has 0 fully saturated rings. The molecule has 2 unspecified atom stereocenters. The van der Waals surface area contributed by atoms with Gasteiger partial charge in [0.25, 0.3) is 11.8 Å².